The topological polar surface area (TPSA) is 76.9 Å². The summed E-state index contributed by atoms with van der Waals surface area (Å²) < 4.78 is 7.07. The molecule has 0 radical (unpaired) electrons. The van der Waals surface area contributed by atoms with E-state index in [1.54, 1.807) is 15.8 Å². The van der Waals surface area contributed by atoms with Crippen LogP contribution in [0.4, 0.5) is 5.82 Å². The molecule has 0 saturated carbocycles. The van der Waals surface area contributed by atoms with E-state index in [9.17, 15) is 10.0 Å². The Bertz CT molecular complexity index is 887. The highest BCUT2D eigenvalue weighted by Crippen LogP contribution is 2.35. The molecule has 1 saturated heterocycles. The number of morpholine rings is 1. The average molecular weight is 382 g/mol. The van der Waals surface area contributed by atoms with Crippen LogP contribution in [0.5, 0.6) is 0 Å². The van der Waals surface area contributed by atoms with Gasteiger partial charge < -0.3 is 25.0 Å². The number of allylic oxidation sites excluding steroid dienone is 1. The molecule has 0 aliphatic carbocycles. The van der Waals surface area contributed by atoms with Crippen LogP contribution in [0.15, 0.2) is 36.5 Å². The van der Waals surface area contributed by atoms with Crippen molar-refractivity contribution in [1.29, 1.82) is 0 Å². The summed E-state index contributed by atoms with van der Waals surface area (Å²) in [6, 6.07) is 9.74. The predicted octanol–water partition coefficient (Wildman–Crippen LogP) is 2.33. The number of carbonyl (C=O) groups excluding carboxylic acids is 1. The standard InChI is InChI=1S/C20H24N5O3/c1-15-14-23(9-8-18(26)22-10-12-28-13-11-22)25(27)20-19(15)16(2)24(21-20)17-6-4-3-5-7-17/h3-7,14H,8-13H2,1-2H3/q-1. The van der Waals surface area contributed by atoms with E-state index in [0.717, 1.165) is 27.7 Å². The van der Waals surface area contributed by atoms with Crippen molar-refractivity contribution < 1.29 is 9.53 Å². The number of carbonyl (C=O) groups is 1. The van der Waals surface area contributed by atoms with Crippen LogP contribution in [0.25, 0.3) is 11.3 Å². The zero-order chi connectivity index (χ0) is 19.7. The fourth-order valence-electron chi connectivity index (χ4n) is 3.70. The van der Waals surface area contributed by atoms with Crippen LogP contribution in [0.3, 0.4) is 0 Å². The number of aromatic nitrogens is 2. The molecule has 0 unspecified atom stereocenters. The molecule has 28 heavy (non-hydrogen) atoms. The van der Waals surface area contributed by atoms with E-state index in [4.69, 9.17) is 4.74 Å². The number of ether oxygens (including phenoxy) is 1. The molecule has 2 aliphatic rings. The normalized spacial score (nSPS) is 16.8. The van der Waals surface area contributed by atoms with Crippen LogP contribution < -0.4 is 5.17 Å². The molecule has 1 aromatic heterocycles. The largest absolute Gasteiger partial charge is 0.737 e. The van der Waals surface area contributed by atoms with Crippen molar-refractivity contribution in [3.63, 3.8) is 0 Å². The lowest BCUT2D eigenvalue weighted by molar-refractivity contribution is -0.135. The molecule has 4 rings (SSSR count). The smallest absolute Gasteiger partial charge is 0.224 e. The van der Waals surface area contributed by atoms with Gasteiger partial charge >= 0.3 is 0 Å². The molecule has 8 nitrogen and oxygen atoms in total. The lowest BCUT2D eigenvalue weighted by atomic mass is 10.1. The molecular formula is C20H24N5O3-. The predicted molar refractivity (Wildman–Crippen MR) is 107 cm³/mol. The Morgan fingerprint density at radius 3 is 2.61 bits per heavy atom. The Labute approximate surface area is 164 Å². The molecule has 1 amide bonds. The number of para-hydroxylation sites is 1. The number of rotatable bonds is 4. The van der Waals surface area contributed by atoms with Crippen molar-refractivity contribution in [3.05, 3.63) is 53.0 Å². The second-order valence-corrected chi connectivity index (χ2v) is 7.02. The Balaban J connectivity index is 1.52. The van der Waals surface area contributed by atoms with E-state index in [1.807, 2.05) is 44.2 Å². The summed E-state index contributed by atoms with van der Waals surface area (Å²) in [5.74, 6) is 0.403. The zero-order valence-electron chi connectivity index (χ0n) is 16.2. The Kier molecular flexibility index (Phi) is 5.06. The monoisotopic (exact) mass is 382 g/mol. The second-order valence-electron chi connectivity index (χ2n) is 7.02. The minimum atomic E-state index is 0.0412. The van der Waals surface area contributed by atoms with Crippen molar-refractivity contribution in [2.75, 3.05) is 38.0 Å². The average Bonchev–Trinajstić information content (AvgIpc) is 3.09. The maximum Gasteiger partial charge on any atom is 0.224 e. The molecule has 0 atom stereocenters. The molecule has 2 aliphatic heterocycles. The lowest BCUT2D eigenvalue weighted by Gasteiger charge is -2.43. The van der Waals surface area contributed by atoms with Crippen molar-refractivity contribution in [2.45, 2.75) is 20.3 Å². The summed E-state index contributed by atoms with van der Waals surface area (Å²) in [4.78, 5) is 14.2. The van der Waals surface area contributed by atoms with Gasteiger partial charge in [0.2, 0.25) is 5.91 Å². The van der Waals surface area contributed by atoms with Crippen LogP contribution in [0.2, 0.25) is 0 Å². The third-order valence-electron chi connectivity index (χ3n) is 5.17. The van der Waals surface area contributed by atoms with E-state index >= 15 is 0 Å². The highest BCUT2D eigenvalue weighted by atomic mass is 16.6. The number of amides is 1. The highest BCUT2D eigenvalue weighted by Gasteiger charge is 2.25. The Morgan fingerprint density at radius 2 is 1.89 bits per heavy atom. The summed E-state index contributed by atoms with van der Waals surface area (Å²) in [7, 11) is 0. The van der Waals surface area contributed by atoms with Gasteiger partial charge in [0.25, 0.3) is 0 Å². The highest BCUT2D eigenvalue weighted by molar-refractivity contribution is 5.79. The third kappa shape index (κ3) is 3.36. The quantitative estimate of drug-likeness (QED) is 0.808. The van der Waals surface area contributed by atoms with Gasteiger partial charge in [-0.2, -0.15) is 0 Å². The molecule has 148 valence electrons. The van der Waals surface area contributed by atoms with Gasteiger partial charge in [0, 0.05) is 37.8 Å². The van der Waals surface area contributed by atoms with Gasteiger partial charge in [0.15, 0.2) is 5.82 Å². The molecule has 3 heterocycles. The third-order valence-corrected chi connectivity index (χ3v) is 5.17. The maximum absolute atomic E-state index is 12.9. The van der Waals surface area contributed by atoms with Gasteiger partial charge in [-0.1, -0.05) is 18.2 Å². The zero-order valence-corrected chi connectivity index (χ0v) is 16.2. The first-order valence-corrected chi connectivity index (χ1v) is 9.49. The van der Waals surface area contributed by atoms with E-state index in [-0.39, 0.29) is 12.3 Å². The SMILES string of the molecule is CC1=CN(CCC(=O)N2CCOCC2)N([O-])c2nn(-c3ccccc3)c(C)c21. The minimum absolute atomic E-state index is 0.0412. The van der Waals surface area contributed by atoms with Gasteiger partial charge in [-0.3, -0.25) is 4.79 Å². The number of benzene rings is 1. The van der Waals surface area contributed by atoms with Crippen molar-refractivity contribution in [1.82, 2.24) is 19.7 Å². The van der Waals surface area contributed by atoms with E-state index in [0.29, 0.717) is 38.7 Å². The van der Waals surface area contributed by atoms with Crippen LogP contribution in [-0.4, -0.2) is 58.4 Å². The number of hydrazine groups is 1. The number of nitrogens with zero attached hydrogens (tertiary/aromatic N) is 5. The number of hydrogen-bond acceptors (Lipinski definition) is 6. The molecule has 2 aromatic rings. The van der Waals surface area contributed by atoms with Gasteiger partial charge in [0.05, 0.1) is 24.6 Å². The molecule has 0 N–H and O–H groups in total. The summed E-state index contributed by atoms with van der Waals surface area (Å²) in [5.41, 5.74) is 3.62. The summed E-state index contributed by atoms with van der Waals surface area (Å²) >= 11 is 0. The van der Waals surface area contributed by atoms with E-state index < -0.39 is 0 Å². The first kappa shape index (κ1) is 18.5. The fourth-order valence-corrected chi connectivity index (χ4v) is 3.70. The summed E-state index contributed by atoms with van der Waals surface area (Å²) in [6.45, 7) is 6.60. The van der Waals surface area contributed by atoms with Crippen LogP contribution in [0.1, 0.15) is 24.6 Å². The Morgan fingerprint density at radius 1 is 1.18 bits per heavy atom. The molecular weight excluding hydrogens is 358 g/mol. The van der Waals surface area contributed by atoms with E-state index in [2.05, 4.69) is 5.10 Å². The minimum Gasteiger partial charge on any atom is -0.737 e. The van der Waals surface area contributed by atoms with Gasteiger partial charge in [-0.05, 0) is 31.6 Å². The van der Waals surface area contributed by atoms with Gasteiger partial charge in [-0.25, -0.2) is 4.68 Å². The van der Waals surface area contributed by atoms with Crippen LogP contribution in [-0.2, 0) is 9.53 Å². The first-order chi connectivity index (χ1) is 13.6. The van der Waals surface area contributed by atoms with Crippen LogP contribution >= 0.6 is 0 Å². The number of anilines is 1. The van der Waals surface area contributed by atoms with Crippen molar-refractivity contribution >= 4 is 17.3 Å². The summed E-state index contributed by atoms with van der Waals surface area (Å²) in [6.07, 6.45) is 2.07. The first-order valence-electron chi connectivity index (χ1n) is 9.49. The molecule has 0 spiro atoms. The van der Waals surface area contributed by atoms with Gasteiger partial charge in [0.1, 0.15) is 0 Å². The molecule has 0 bridgehead atoms. The summed E-state index contributed by atoms with van der Waals surface area (Å²) in [5, 5.41) is 19.8. The van der Waals surface area contributed by atoms with E-state index in [1.165, 1.54) is 5.01 Å². The molecule has 1 aromatic carbocycles. The Hall–Kier alpha value is -2.84. The molecule has 8 heteroatoms. The van der Waals surface area contributed by atoms with Gasteiger partial charge in [-0.15, -0.1) is 5.10 Å². The molecule has 1 fully saturated rings. The number of hydrogen-bond donors (Lipinski definition) is 0. The van der Waals surface area contributed by atoms with Crippen molar-refractivity contribution in [2.24, 2.45) is 0 Å². The van der Waals surface area contributed by atoms with Crippen LogP contribution in [0, 0.1) is 12.1 Å². The lowest BCUT2D eigenvalue weighted by Crippen LogP contribution is -2.43. The maximum atomic E-state index is 12.9. The van der Waals surface area contributed by atoms with Crippen molar-refractivity contribution in [3.8, 4) is 5.69 Å². The number of fused-ring (bicyclic) bond motifs is 1. The second kappa shape index (κ2) is 7.65. The fraction of sp³-hybridized carbons (Fsp3) is 0.400.